The molecule has 0 aliphatic heterocycles. The summed E-state index contributed by atoms with van der Waals surface area (Å²) in [7, 11) is 3.03. The summed E-state index contributed by atoms with van der Waals surface area (Å²) in [5.41, 5.74) is 0.464. The molecule has 0 saturated carbocycles. The van der Waals surface area contributed by atoms with Gasteiger partial charge in [0.1, 0.15) is 17.2 Å². The van der Waals surface area contributed by atoms with Gasteiger partial charge in [-0.25, -0.2) is 4.79 Å². The standard InChI is InChI=1S/C17H15N3O4/c1-23-10-7-8-13(14(9-10)24-2)18-16(21)15-11-5-3-4-6-12(11)19-17(22)20-15/h3-9H,1-2H3,(H,18,21)(H,19,20,22). The molecule has 3 aromatic rings. The number of benzene rings is 2. The van der Waals surface area contributed by atoms with Gasteiger partial charge in [0.2, 0.25) is 0 Å². The number of fused-ring (bicyclic) bond motifs is 1. The van der Waals surface area contributed by atoms with Gasteiger partial charge in [-0.2, -0.15) is 4.98 Å². The van der Waals surface area contributed by atoms with Crippen molar-refractivity contribution in [1.82, 2.24) is 9.97 Å². The van der Waals surface area contributed by atoms with E-state index >= 15 is 0 Å². The van der Waals surface area contributed by atoms with Gasteiger partial charge in [0.05, 0.1) is 25.4 Å². The monoisotopic (exact) mass is 325 g/mol. The number of nitrogens with zero attached hydrogens (tertiary/aromatic N) is 1. The molecule has 0 saturated heterocycles. The van der Waals surface area contributed by atoms with E-state index in [0.717, 1.165) is 0 Å². The second-order valence-electron chi connectivity index (χ2n) is 4.96. The summed E-state index contributed by atoms with van der Waals surface area (Å²) in [6, 6.07) is 12.0. The van der Waals surface area contributed by atoms with Crippen molar-refractivity contribution in [2.75, 3.05) is 19.5 Å². The molecule has 122 valence electrons. The highest BCUT2D eigenvalue weighted by molar-refractivity contribution is 6.11. The second kappa shape index (κ2) is 6.41. The van der Waals surface area contributed by atoms with Gasteiger partial charge >= 0.3 is 5.69 Å². The number of H-pyrrole nitrogens is 1. The van der Waals surface area contributed by atoms with Gasteiger partial charge in [-0.3, -0.25) is 4.79 Å². The summed E-state index contributed by atoms with van der Waals surface area (Å²) in [6.07, 6.45) is 0. The first-order valence-electron chi connectivity index (χ1n) is 7.15. The van der Waals surface area contributed by atoms with Crippen LogP contribution < -0.4 is 20.5 Å². The Morgan fingerprint density at radius 1 is 1.12 bits per heavy atom. The number of nitrogens with one attached hydrogen (secondary N) is 2. The van der Waals surface area contributed by atoms with Crippen molar-refractivity contribution in [3.8, 4) is 11.5 Å². The Hall–Kier alpha value is -3.35. The third-order valence-corrected chi connectivity index (χ3v) is 3.51. The molecule has 1 aromatic heterocycles. The number of aromatic nitrogens is 2. The van der Waals surface area contributed by atoms with Crippen molar-refractivity contribution in [2.24, 2.45) is 0 Å². The van der Waals surface area contributed by atoms with E-state index < -0.39 is 11.6 Å². The van der Waals surface area contributed by atoms with Gasteiger partial charge in [-0.05, 0) is 18.2 Å². The molecule has 7 nitrogen and oxygen atoms in total. The SMILES string of the molecule is COc1ccc(NC(=O)c2nc(=O)[nH]c3ccccc23)c(OC)c1. The minimum atomic E-state index is -0.583. The van der Waals surface area contributed by atoms with Crippen molar-refractivity contribution in [3.05, 3.63) is 58.6 Å². The van der Waals surface area contributed by atoms with Crippen LogP contribution in [0.4, 0.5) is 5.69 Å². The molecule has 1 heterocycles. The average Bonchev–Trinajstić information content (AvgIpc) is 2.61. The summed E-state index contributed by atoms with van der Waals surface area (Å²) >= 11 is 0. The van der Waals surface area contributed by atoms with Gasteiger partial charge in [0.15, 0.2) is 0 Å². The number of ether oxygens (including phenoxy) is 2. The number of amides is 1. The molecule has 0 bridgehead atoms. The molecule has 24 heavy (non-hydrogen) atoms. The molecule has 7 heteroatoms. The van der Waals surface area contributed by atoms with Crippen LogP contribution in [0.2, 0.25) is 0 Å². The Morgan fingerprint density at radius 3 is 2.67 bits per heavy atom. The number of rotatable bonds is 4. The van der Waals surface area contributed by atoms with E-state index in [1.165, 1.54) is 7.11 Å². The largest absolute Gasteiger partial charge is 0.497 e. The Labute approximate surface area is 137 Å². The third kappa shape index (κ3) is 2.91. The molecule has 0 aliphatic carbocycles. The molecule has 0 spiro atoms. The molecular weight excluding hydrogens is 310 g/mol. The molecule has 0 aliphatic rings. The van der Waals surface area contributed by atoms with Crippen LogP contribution >= 0.6 is 0 Å². The Balaban J connectivity index is 2.01. The molecule has 2 N–H and O–H groups in total. The lowest BCUT2D eigenvalue weighted by Gasteiger charge is -2.12. The number of carbonyl (C=O) groups is 1. The number of hydrogen-bond donors (Lipinski definition) is 2. The van der Waals surface area contributed by atoms with Crippen LogP contribution in [-0.4, -0.2) is 30.1 Å². The van der Waals surface area contributed by atoms with Crippen LogP contribution in [0, 0.1) is 0 Å². The van der Waals surface area contributed by atoms with Crippen LogP contribution in [0.15, 0.2) is 47.3 Å². The summed E-state index contributed by atoms with van der Waals surface area (Å²) in [6.45, 7) is 0. The van der Waals surface area contributed by atoms with E-state index in [1.807, 2.05) is 0 Å². The fraction of sp³-hybridized carbons (Fsp3) is 0.118. The maximum Gasteiger partial charge on any atom is 0.346 e. The van der Waals surface area contributed by atoms with Crippen LogP contribution in [0.5, 0.6) is 11.5 Å². The highest BCUT2D eigenvalue weighted by atomic mass is 16.5. The third-order valence-electron chi connectivity index (χ3n) is 3.51. The summed E-state index contributed by atoms with van der Waals surface area (Å²) in [4.78, 5) is 30.7. The quantitative estimate of drug-likeness (QED) is 0.767. The van der Waals surface area contributed by atoms with Gasteiger partial charge in [-0.1, -0.05) is 18.2 Å². The Kier molecular flexibility index (Phi) is 4.15. The first kappa shape index (κ1) is 15.5. The van der Waals surface area contributed by atoms with Gasteiger partial charge in [-0.15, -0.1) is 0 Å². The normalized spacial score (nSPS) is 10.4. The molecule has 0 fully saturated rings. The summed E-state index contributed by atoms with van der Waals surface area (Å²) < 4.78 is 10.4. The maximum absolute atomic E-state index is 12.6. The predicted octanol–water partition coefficient (Wildman–Crippen LogP) is 2.19. The summed E-state index contributed by atoms with van der Waals surface area (Å²) in [5.74, 6) is 0.544. The number of carbonyl (C=O) groups excluding carboxylic acids is 1. The fourth-order valence-electron chi connectivity index (χ4n) is 2.36. The van der Waals surface area contributed by atoms with E-state index in [9.17, 15) is 9.59 Å². The van der Waals surface area contributed by atoms with E-state index in [0.29, 0.717) is 28.1 Å². The average molecular weight is 325 g/mol. The van der Waals surface area contributed by atoms with Gasteiger partial charge in [0, 0.05) is 11.5 Å². The Bertz CT molecular complexity index is 965. The number of anilines is 1. The lowest BCUT2D eigenvalue weighted by atomic mass is 10.1. The van der Waals surface area contributed by atoms with Crippen LogP contribution in [0.3, 0.4) is 0 Å². The minimum absolute atomic E-state index is 0.0484. The van der Waals surface area contributed by atoms with E-state index in [2.05, 4.69) is 15.3 Å². The molecular formula is C17H15N3O4. The zero-order chi connectivity index (χ0) is 17.1. The predicted molar refractivity (Wildman–Crippen MR) is 89.9 cm³/mol. The molecule has 1 amide bonds. The fourth-order valence-corrected chi connectivity index (χ4v) is 2.36. The van der Waals surface area contributed by atoms with Crippen LogP contribution in [0.1, 0.15) is 10.5 Å². The molecule has 0 radical (unpaired) electrons. The topological polar surface area (TPSA) is 93.3 Å². The summed E-state index contributed by atoms with van der Waals surface area (Å²) in [5, 5.41) is 3.27. The number of methoxy groups -OCH3 is 2. The zero-order valence-corrected chi connectivity index (χ0v) is 13.1. The maximum atomic E-state index is 12.6. The van der Waals surface area contributed by atoms with Crippen LogP contribution in [-0.2, 0) is 0 Å². The van der Waals surface area contributed by atoms with Crippen molar-refractivity contribution in [1.29, 1.82) is 0 Å². The van der Waals surface area contributed by atoms with Crippen molar-refractivity contribution in [3.63, 3.8) is 0 Å². The van der Waals surface area contributed by atoms with Gasteiger partial charge < -0.3 is 19.8 Å². The zero-order valence-electron chi connectivity index (χ0n) is 13.1. The number of aromatic amines is 1. The Morgan fingerprint density at radius 2 is 1.92 bits per heavy atom. The van der Waals surface area contributed by atoms with Crippen molar-refractivity contribution in [2.45, 2.75) is 0 Å². The first-order valence-corrected chi connectivity index (χ1v) is 7.15. The second-order valence-corrected chi connectivity index (χ2v) is 4.96. The van der Waals surface area contributed by atoms with E-state index in [4.69, 9.17) is 9.47 Å². The lowest BCUT2D eigenvalue weighted by Crippen LogP contribution is -2.21. The number of hydrogen-bond acceptors (Lipinski definition) is 5. The van der Waals surface area contributed by atoms with E-state index in [1.54, 1.807) is 49.6 Å². The van der Waals surface area contributed by atoms with Crippen molar-refractivity contribution < 1.29 is 14.3 Å². The van der Waals surface area contributed by atoms with Gasteiger partial charge in [0.25, 0.3) is 5.91 Å². The molecule has 2 aromatic carbocycles. The molecule has 3 rings (SSSR count). The van der Waals surface area contributed by atoms with Crippen LogP contribution in [0.25, 0.3) is 10.9 Å². The highest BCUT2D eigenvalue weighted by Crippen LogP contribution is 2.29. The van der Waals surface area contributed by atoms with E-state index in [-0.39, 0.29) is 5.69 Å². The number of para-hydroxylation sites is 1. The smallest absolute Gasteiger partial charge is 0.346 e. The molecule has 0 atom stereocenters. The lowest BCUT2D eigenvalue weighted by molar-refractivity contribution is 0.102. The molecule has 0 unspecified atom stereocenters. The first-order chi connectivity index (χ1) is 11.6. The highest BCUT2D eigenvalue weighted by Gasteiger charge is 2.16. The van der Waals surface area contributed by atoms with Crippen molar-refractivity contribution >= 4 is 22.5 Å². The minimum Gasteiger partial charge on any atom is -0.497 e.